The summed E-state index contributed by atoms with van der Waals surface area (Å²) in [6, 6.07) is 1.11. The van der Waals surface area contributed by atoms with Crippen LogP contribution in [0.3, 0.4) is 0 Å². The average molecular weight is 139 g/mol. The molecule has 0 saturated carbocycles. The van der Waals surface area contributed by atoms with E-state index in [4.69, 9.17) is 16.0 Å². The molecule has 1 nitrogen and oxygen atoms in total. The molecule has 0 spiro atoms. The summed E-state index contributed by atoms with van der Waals surface area (Å²) in [4.78, 5) is 0. The van der Waals surface area contributed by atoms with Crippen LogP contribution in [0, 0.1) is 0 Å². The van der Waals surface area contributed by atoms with Gasteiger partial charge in [0.05, 0.1) is 0 Å². The first-order valence-corrected chi connectivity index (χ1v) is 4.66. The predicted molar refractivity (Wildman–Crippen MR) is 35.7 cm³/mol. The molecular formula is C4H11ClOSi. The quantitative estimate of drug-likeness (QED) is 0.317. The van der Waals surface area contributed by atoms with Gasteiger partial charge in [0.2, 0.25) is 0 Å². The molecule has 0 fully saturated rings. The highest BCUT2D eigenvalue weighted by atomic mass is 35.5. The number of alkyl halides is 1. The van der Waals surface area contributed by atoms with E-state index in [1.807, 2.05) is 6.92 Å². The number of hydrogen-bond acceptors (Lipinski definition) is 1. The van der Waals surface area contributed by atoms with Crippen LogP contribution >= 0.6 is 11.6 Å². The summed E-state index contributed by atoms with van der Waals surface area (Å²) in [5.41, 5.74) is 0. The molecule has 0 aliphatic heterocycles. The lowest BCUT2D eigenvalue weighted by molar-refractivity contribution is 0.361. The second-order valence-electron chi connectivity index (χ2n) is 1.24. The van der Waals surface area contributed by atoms with Crippen molar-refractivity contribution < 1.29 is 4.43 Å². The maximum absolute atomic E-state index is 5.39. The minimum Gasteiger partial charge on any atom is -0.424 e. The number of halogens is 1. The number of rotatable bonds is 4. The summed E-state index contributed by atoms with van der Waals surface area (Å²) in [5, 5.41) is 0. The lowest BCUT2D eigenvalue weighted by Gasteiger charge is -1.93. The van der Waals surface area contributed by atoms with Crippen LogP contribution in [-0.4, -0.2) is 22.3 Å². The van der Waals surface area contributed by atoms with E-state index < -0.39 is 0 Å². The highest BCUT2D eigenvalue weighted by Crippen LogP contribution is 1.83. The van der Waals surface area contributed by atoms with Crippen LogP contribution in [0.15, 0.2) is 0 Å². The Balaban J connectivity index is 2.45. The highest BCUT2D eigenvalue weighted by Gasteiger charge is 1.81. The third-order valence-electron chi connectivity index (χ3n) is 0.626. The van der Waals surface area contributed by atoms with Crippen LogP contribution < -0.4 is 0 Å². The Labute approximate surface area is 51.9 Å². The standard InChI is InChI=1S/C4H11ClOSi/c1-2-6-7-4-3-5/h2-4,7H2,1H3. The van der Waals surface area contributed by atoms with Crippen molar-refractivity contribution in [3.63, 3.8) is 0 Å². The van der Waals surface area contributed by atoms with Gasteiger partial charge in [-0.05, 0) is 13.0 Å². The van der Waals surface area contributed by atoms with Gasteiger partial charge < -0.3 is 4.43 Å². The van der Waals surface area contributed by atoms with Gasteiger partial charge in [0, 0.05) is 12.5 Å². The molecule has 0 heterocycles. The second-order valence-corrected chi connectivity index (χ2v) is 3.14. The van der Waals surface area contributed by atoms with E-state index in [0.29, 0.717) is 0 Å². The van der Waals surface area contributed by atoms with E-state index in [1.54, 1.807) is 0 Å². The van der Waals surface area contributed by atoms with Crippen LogP contribution in [0.2, 0.25) is 6.04 Å². The smallest absolute Gasteiger partial charge is 0.162 e. The van der Waals surface area contributed by atoms with E-state index in [1.165, 1.54) is 0 Å². The first-order chi connectivity index (χ1) is 3.41. The molecule has 0 aromatic rings. The van der Waals surface area contributed by atoms with Crippen LogP contribution in [0.5, 0.6) is 0 Å². The van der Waals surface area contributed by atoms with E-state index in [0.717, 1.165) is 18.5 Å². The first kappa shape index (κ1) is 7.47. The molecule has 0 unspecified atom stereocenters. The fourth-order valence-electron chi connectivity index (χ4n) is 0.301. The van der Waals surface area contributed by atoms with Crippen molar-refractivity contribution in [2.45, 2.75) is 13.0 Å². The molecule has 0 rings (SSSR count). The van der Waals surface area contributed by atoms with Crippen LogP contribution in [0.25, 0.3) is 0 Å². The molecule has 0 radical (unpaired) electrons. The first-order valence-electron chi connectivity index (χ1n) is 2.55. The van der Waals surface area contributed by atoms with Crippen molar-refractivity contribution in [3.05, 3.63) is 0 Å². The lowest BCUT2D eigenvalue weighted by Crippen LogP contribution is -1.96. The van der Waals surface area contributed by atoms with Gasteiger partial charge in [-0.1, -0.05) is 0 Å². The van der Waals surface area contributed by atoms with Crippen molar-refractivity contribution in [3.8, 4) is 0 Å². The van der Waals surface area contributed by atoms with E-state index in [9.17, 15) is 0 Å². The summed E-state index contributed by atoms with van der Waals surface area (Å²) in [6.45, 7) is 2.88. The molecule has 0 aromatic carbocycles. The molecule has 0 aromatic heterocycles. The van der Waals surface area contributed by atoms with Gasteiger partial charge in [0.15, 0.2) is 9.76 Å². The summed E-state index contributed by atoms with van der Waals surface area (Å²) in [6.07, 6.45) is 0. The summed E-state index contributed by atoms with van der Waals surface area (Å²) in [5.74, 6) is 0.770. The van der Waals surface area contributed by atoms with E-state index in [-0.39, 0.29) is 9.76 Å². The molecular weight excluding hydrogens is 128 g/mol. The average Bonchev–Trinajstić information content (AvgIpc) is 1.69. The zero-order chi connectivity index (χ0) is 5.54. The Morgan fingerprint density at radius 1 is 1.71 bits per heavy atom. The van der Waals surface area contributed by atoms with Crippen LogP contribution in [-0.2, 0) is 4.43 Å². The topological polar surface area (TPSA) is 9.23 Å². The zero-order valence-corrected chi connectivity index (χ0v) is 6.78. The SMILES string of the molecule is CCO[SiH2]CCCl. The molecule has 0 N–H and O–H groups in total. The van der Waals surface area contributed by atoms with E-state index in [2.05, 4.69) is 0 Å². The molecule has 0 saturated heterocycles. The van der Waals surface area contributed by atoms with Crippen molar-refractivity contribution in [1.29, 1.82) is 0 Å². The molecule has 0 amide bonds. The Morgan fingerprint density at radius 2 is 2.43 bits per heavy atom. The van der Waals surface area contributed by atoms with Gasteiger partial charge in [-0.25, -0.2) is 0 Å². The molecule has 0 bridgehead atoms. The second kappa shape index (κ2) is 6.47. The predicted octanol–water partition coefficient (Wildman–Crippen LogP) is 0.764. The van der Waals surface area contributed by atoms with Gasteiger partial charge in [-0.2, -0.15) is 0 Å². The van der Waals surface area contributed by atoms with Gasteiger partial charge in [0.25, 0.3) is 0 Å². The van der Waals surface area contributed by atoms with Crippen molar-refractivity contribution in [2.75, 3.05) is 12.5 Å². The van der Waals surface area contributed by atoms with Crippen molar-refractivity contribution >= 4 is 21.4 Å². The fourth-order valence-corrected chi connectivity index (χ4v) is 1.23. The number of hydrogen-bond donors (Lipinski definition) is 0. The molecule has 0 aliphatic rings. The Hall–Kier alpha value is 0.467. The summed E-state index contributed by atoms with van der Waals surface area (Å²) < 4.78 is 5.13. The molecule has 0 aliphatic carbocycles. The van der Waals surface area contributed by atoms with Gasteiger partial charge in [-0.15, -0.1) is 11.6 Å². The molecule has 3 heteroatoms. The van der Waals surface area contributed by atoms with Gasteiger partial charge in [0.1, 0.15) is 0 Å². The Bertz CT molecular complexity index is 30.9. The molecule has 0 atom stereocenters. The maximum Gasteiger partial charge on any atom is 0.162 e. The van der Waals surface area contributed by atoms with Crippen LogP contribution in [0.4, 0.5) is 0 Å². The minimum absolute atomic E-state index is 0.221. The summed E-state index contributed by atoms with van der Waals surface area (Å²) in [7, 11) is -0.221. The largest absolute Gasteiger partial charge is 0.424 e. The monoisotopic (exact) mass is 138 g/mol. The van der Waals surface area contributed by atoms with Crippen LogP contribution in [0.1, 0.15) is 6.92 Å². The fraction of sp³-hybridized carbons (Fsp3) is 1.00. The normalized spacial score (nSPS) is 11.1. The minimum atomic E-state index is -0.221. The molecule has 44 valence electrons. The van der Waals surface area contributed by atoms with Gasteiger partial charge in [-0.3, -0.25) is 0 Å². The highest BCUT2D eigenvalue weighted by molar-refractivity contribution is 6.31. The van der Waals surface area contributed by atoms with Gasteiger partial charge >= 0.3 is 0 Å². The van der Waals surface area contributed by atoms with E-state index >= 15 is 0 Å². The zero-order valence-electron chi connectivity index (χ0n) is 4.61. The van der Waals surface area contributed by atoms with Crippen molar-refractivity contribution in [2.24, 2.45) is 0 Å². The summed E-state index contributed by atoms with van der Waals surface area (Å²) >= 11 is 5.39. The molecule has 7 heavy (non-hydrogen) atoms. The third kappa shape index (κ3) is 6.47. The Kier molecular flexibility index (Phi) is 6.90. The maximum atomic E-state index is 5.39. The third-order valence-corrected chi connectivity index (χ3v) is 2.68. The Morgan fingerprint density at radius 3 is 2.86 bits per heavy atom. The van der Waals surface area contributed by atoms with Crippen molar-refractivity contribution in [1.82, 2.24) is 0 Å². The lowest BCUT2D eigenvalue weighted by atomic mass is 10.9.